The maximum absolute atomic E-state index is 3.48. The first kappa shape index (κ1) is 10.3. The molecule has 1 unspecified atom stereocenters. The van der Waals surface area contributed by atoms with Crippen molar-refractivity contribution in [3.8, 4) is 0 Å². The Morgan fingerprint density at radius 3 is 2.56 bits per heavy atom. The van der Waals surface area contributed by atoms with Gasteiger partial charge in [-0.05, 0) is 55.7 Å². The Balaban J connectivity index is 1.82. The molecule has 2 aliphatic carbocycles. The van der Waals surface area contributed by atoms with E-state index < -0.39 is 0 Å². The van der Waals surface area contributed by atoms with Crippen LogP contribution < -0.4 is 5.32 Å². The van der Waals surface area contributed by atoms with E-state index in [1.165, 1.54) is 37.7 Å². The molecule has 1 aromatic rings. The van der Waals surface area contributed by atoms with Crippen molar-refractivity contribution in [1.82, 2.24) is 5.32 Å². The number of nitrogens with one attached hydrogen (secondary N) is 1. The van der Waals surface area contributed by atoms with Crippen LogP contribution in [0.4, 0.5) is 0 Å². The van der Waals surface area contributed by atoms with Crippen LogP contribution in [0, 0.1) is 5.92 Å². The monoisotopic (exact) mass is 215 g/mol. The number of benzene rings is 1. The van der Waals surface area contributed by atoms with Gasteiger partial charge in [0.05, 0.1) is 0 Å². The number of hydrogen-bond donors (Lipinski definition) is 1. The van der Waals surface area contributed by atoms with Crippen LogP contribution in [0.3, 0.4) is 0 Å². The second kappa shape index (κ2) is 4.21. The van der Waals surface area contributed by atoms with Gasteiger partial charge < -0.3 is 5.32 Å². The molecule has 0 aromatic heterocycles. The second-order valence-electron chi connectivity index (χ2n) is 5.40. The number of rotatable bonds is 4. The van der Waals surface area contributed by atoms with Gasteiger partial charge >= 0.3 is 0 Å². The molecule has 1 N–H and O–H groups in total. The summed E-state index contributed by atoms with van der Waals surface area (Å²) in [6, 6.07) is 9.90. The highest BCUT2D eigenvalue weighted by molar-refractivity contribution is 5.30. The van der Waals surface area contributed by atoms with E-state index in [-0.39, 0.29) is 0 Å². The van der Waals surface area contributed by atoms with Gasteiger partial charge in [0.1, 0.15) is 0 Å². The topological polar surface area (TPSA) is 12.0 Å². The summed E-state index contributed by atoms with van der Waals surface area (Å²) in [5.74, 6) is 1.75. The third kappa shape index (κ3) is 1.89. The molecule has 0 aliphatic heterocycles. The Morgan fingerprint density at radius 1 is 1.19 bits per heavy atom. The van der Waals surface area contributed by atoms with Crippen molar-refractivity contribution in [2.24, 2.45) is 5.92 Å². The lowest BCUT2D eigenvalue weighted by atomic mass is 9.79. The van der Waals surface area contributed by atoms with E-state index in [1.54, 1.807) is 5.56 Å². The van der Waals surface area contributed by atoms with Crippen LogP contribution in [0.1, 0.15) is 55.2 Å². The van der Waals surface area contributed by atoms with E-state index in [0.29, 0.717) is 6.04 Å². The lowest BCUT2D eigenvalue weighted by Crippen LogP contribution is -2.19. The smallest absolute Gasteiger partial charge is 0.0346 e. The molecular formula is C15H21N. The van der Waals surface area contributed by atoms with E-state index in [9.17, 15) is 0 Å². The van der Waals surface area contributed by atoms with Crippen LogP contribution in [0.5, 0.6) is 0 Å². The minimum absolute atomic E-state index is 0.597. The molecule has 0 heterocycles. The molecule has 0 saturated heterocycles. The highest BCUT2D eigenvalue weighted by atomic mass is 14.9. The molecule has 3 rings (SSSR count). The lowest BCUT2D eigenvalue weighted by Gasteiger charge is -2.27. The van der Waals surface area contributed by atoms with Crippen LogP contribution in [0.15, 0.2) is 24.3 Å². The fraction of sp³-hybridized carbons (Fsp3) is 0.600. The van der Waals surface area contributed by atoms with Crippen molar-refractivity contribution in [3.63, 3.8) is 0 Å². The molecule has 16 heavy (non-hydrogen) atoms. The molecule has 1 atom stereocenters. The summed E-state index contributed by atoms with van der Waals surface area (Å²) in [5.41, 5.74) is 3.08. The van der Waals surface area contributed by atoms with Crippen LogP contribution in [-0.2, 0) is 0 Å². The summed E-state index contributed by atoms with van der Waals surface area (Å²) in [7, 11) is 2.10. The summed E-state index contributed by atoms with van der Waals surface area (Å²) in [5, 5.41) is 3.48. The van der Waals surface area contributed by atoms with E-state index in [4.69, 9.17) is 0 Å². The van der Waals surface area contributed by atoms with Gasteiger partial charge in [-0.2, -0.15) is 0 Å². The molecule has 0 radical (unpaired) electrons. The Morgan fingerprint density at radius 2 is 2.00 bits per heavy atom. The predicted octanol–water partition coefficient (Wildman–Crippen LogP) is 3.62. The Hall–Kier alpha value is -0.820. The average molecular weight is 215 g/mol. The SMILES string of the molecule is CNC(c1cccc(C2CCC2)c1)C1CC1. The Kier molecular flexibility index (Phi) is 2.72. The zero-order valence-electron chi connectivity index (χ0n) is 10.1. The van der Waals surface area contributed by atoms with Gasteiger partial charge in [-0.15, -0.1) is 0 Å². The van der Waals surface area contributed by atoms with Gasteiger partial charge in [-0.1, -0.05) is 30.7 Å². The summed E-state index contributed by atoms with van der Waals surface area (Å²) < 4.78 is 0. The zero-order chi connectivity index (χ0) is 11.0. The van der Waals surface area contributed by atoms with Crippen molar-refractivity contribution >= 4 is 0 Å². The van der Waals surface area contributed by atoms with E-state index >= 15 is 0 Å². The van der Waals surface area contributed by atoms with Gasteiger partial charge in [0, 0.05) is 6.04 Å². The van der Waals surface area contributed by atoms with Gasteiger partial charge in [0.15, 0.2) is 0 Å². The molecule has 2 saturated carbocycles. The molecule has 2 fully saturated rings. The first-order valence-corrected chi connectivity index (χ1v) is 6.65. The lowest BCUT2D eigenvalue weighted by molar-refractivity contribution is 0.418. The van der Waals surface area contributed by atoms with Crippen molar-refractivity contribution in [2.45, 2.75) is 44.1 Å². The summed E-state index contributed by atoms with van der Waals surface area (Å²) in [6.45, 7) is 0. The number of hydrogen-bond acceptors (Lipinski definition) is 1. The summed E-state index contributed by atoms with van der Waals surface area (Å²) in [6.07, 6.45) is 7.03. The second-order valence-corrected chi connectivity index (χ2v) is 5.40. The molecule has 0 amide bonds. The molecule has 0 spiro atoms. The normalized spacial score (nSPS) is 22.8. The zero-order valence-corrected chi connectivity index (χ0v) is 10.1. The van der Waals surface area contributed by atoms with E-state index in [2.05, 4.69) is 36.6 Å². The first-order valence-electron chi connectivity index (χ1n) is 6.65. The van der Waals surface area contributed by atoms with E-state index in [0.717, 1.165) is 11.8 Å². The van der Waals surface area contributed by atoms with Crippen LogP contribution in [0.25, 0.3) is 0 Å². The minimum Gasteiger partial charge on any atom is -0.313 e. The van der Waals surface area contributed by atoms with Crippen molar-refractivity contribution in [2.75, 3.05) is 7.05 Å². The largest absolute Gasteiger partial charge is 0.313 e. The fourth-order valence-electron chi connectivity index (χ4n) is 2.85. The summed E-state index contributed by atoms with van der Waals surface area (Å²) >= 11 is 0. The fourth-order valence-corrected chi connectivity index (χ4v) is 2.85. The van der Waals surface area contributed by atoms with Gasteiger partial charge in [-0.3, -0.25) is 0 Å². The minimum atomic E-state index is 0.597. The van der Waals surface area contributed by atoms with E-state index in [1.807, 2.05) is 0 Å². The quantitative estimate of drug-likeness (QED) is 0.808. The van der Waals surface area contributed by atoms with Crippen LogP contribution in [-0.4, -0.2) is 7.05 Å². The highest BCUT2D eigenvalue weighted by Crippen LogP contribution is 2.42. The first-order chi connectivity index (χ1) is 7.88. The maximum atomic E-state index is 3.48. The summed E-state index contributed by atoms with van der Waals surface area (Å²) in [4.78, 5) is 0. The molecule has 1 heteroatoms. The molecule has 1 aromatic carbocycles. The van der Waals surface area contributed by atoms with Crippen molar-refractivity contribution < 1.29 is 0 Å². The Labute approximate surface area is 98.3 Å². The van der Waals surface area contributed by atoms with Crippen molar-refractivity contribution in [1.29, 1.82) is 0 Å². The molecule has 0 bridgehead atoms. The van der Waals surface area contributed by atoms with Gasteiger partial charge in [-0.25, -0.2) is 0 Å². The van der Waals surface area contributed by atoms with Gasteiger partial charge in [0.2, 0.25) is 0 Å². The Bertz CT molecular complexity index is 363. The van der Waals surface area contributed by atoms with Gasteiger partial charge in [0.25, 0.3) is 0 Å². The molecular weight excluding hydrogens is 194 g/mol. The maximum Gasteiger partial charge on any atom is 0.0346 e. The molecule has 1 nitrogen and oxygen atoms in total. The van der Waals surface area contributed by atoms with Crippen molar-refractivity contribution in [3.05, 3.63) is 35.4 Å². The van der Waals surface area contributed by atoms with Crippen LogP contribution >= 0.6 is 0 Å². The molecule has 2 aliphatic rings. The molecule has 86 valence electrons. The highest BCUT2D eigenvalue weighted by Gasteiger charge is 2.31. The predicted molar refractivity (Wildman–Crippen MR) is 67.6 cm³/mol. The van der Waals surface area contributed by atoms with Crippen LogP contribution in [0.2, 0.25) is 0 Å². The average Bonchev–Trinajstić information content (AvgIpc) is 3.01. The standard InChI is InChI=1S/C15H21N/c1-16-15(12-8-9-12)14-7-3-6-13(10-14)11-4-2-5-11/h3,6-7,10-12,15-16H,2,4-5,8-9H2,1H3. The third-order valence-electron chi connectivity index (χ3n) is 4.25. The third-order valence-corrected chi connectivity index (χ3v) is 4.25.